The molecular weight excluding hydrogens is 228 g/mol. The van der Waals surface area contributed by atoms with Crippen molar-refractivity contribution in [1.29, 1.82) is 0 Å². The van der Waals surface area contributed by atoms with E-state index in [1.807, 2.05) is 11.3 Å². The fourth-order valence-corrected chi connectivity index (χ4v) is 3.82. The minimum atomic E-state index is 0.210. The van der Waals surface area contributed by atoms with Gasteiger partial charge in [-0.3, -0.25) is 4.90 Å². The van der Waals surface area contributed by atoms with Gasteiger partial charge >= 0.3 is 0 Å². The van der Waals surface area contributed by atoms with Gasteiger partial charge in [-0.2, -0.15) is 0 Å². The summed E-state index contributed by atoms with van der Waals surface area (Å²) < 4.78 is 0. The van der Waals surface area contributed by atoms with E-state index in [4.69, 9.17) is 5.73 Å². The maximum Gasteiger partial charge on any atom is 0.0590 e. The summed E-state index contributed by atoms with van der Waals surface area (Å²) in [6.45, 7) is 9.06. The molecule has 0 radical (unpaired) electrons. The zero-order valence-corrected chi connectivity index (χ0v) is 12.0. The van der Waals surface area contributed by atoms with Crippen LogP contribution in [-0.2, 0) is 0 Å². The first-order valence-electron chi connectivity index (χ1n) is 6.64. The van der Waals surface area contributed by atoms with Gasteiger partial charge in [0.25, 0.3) is 0 Å². The smallest absolute Gasteiger partial charge is 0.0590 e. The molecule has 1 aliphatic rings. The first-order valence-corrected chi connectivity index (χ1v) is 7.45. The normalized spacial score (nSPS) is 22.6. The van der Waals surface area contributed by atoms with E-state index in [1.165, 1.54) is 35.7 Å². The zero-order chi connectivity index (χ0) is 12.4. The number of nitrogens with two attached hydrogens (primary N) is 1. The SMILES string of the molecule is Cc1ccc(C(C(C)N)N2CCC(C)CC2)s1. The Morgan fingerprint density at radius 2 is 2.00 bits per heavy atom. The van der Waals surface area contributed by atoms with E-state index in [1.54, 1.807) is 0 Å². The van der Waals surface area contributed by atoms with Crippen LogP contribution in [0.15, 0.2) is 12.1 Å². The third-order valence-electron chi connectivity index (χ3n) is 3.76. The predicted octanol–water partition coefficient (Wildman–Crippen LogP) is 3.18. The van der Waals surface area contributed by atoms with Crippen LogP contribution in [0, 0.1) is 12.8 Å². The van der Waals surface area contributed by atoms with E-state index in [-0.39, 0.29) is 6.04 Å². The van der Waals surface area contributed by atoms with E-state index in [9.17, 15) is 0 Å². The second-order valence-electron chi connectivity index (χ2n) is 5.47. The summed E-state index contributed by atoms with van der Waals surface area (Å²) in [4.78, 5) is 5.40. The molecule has 1 fully saturated rings. The Balaban J connectivity index is 2.12. The average molecular weight is 252 g/mol. The second-order valence-corrected chi connectivity index (χ2v) is 6.79. The Hall–Kier alpha value is -0.380. The molecule has 1 saturated heterocycles. The Bertz CT molecular complexity index is 351. The average Bonchev–Trinajstić information content (AvgIpc) is 2.68. The van der Waals surface area contributed by atoms with Gasteiger partial charge in [-0.15, -0.1) is 11.3 Å². The highest BCUT2D eigenvalue weighted by Gasteiger charge is 2.28. The van der Waals surface area contributed by atoms with Gasteiger partial charge in [0.2, 0.25) is 0 Å². The van der Waals surface area contributed by atoms with E-state index < -0.39 is 0 Å². The van der Waals surface area contributed by atoms with Crippen LogP contribution in [0.25, 0.3) is 0 Å². The van der Waals surface area contributed by atoms with Crippen LogP contribution in [0.3, 0.4) is 0 Å². The number of thiophene rings is 1. The highest BCUT2D eigenvalue weighted by Crippen LogP contribution is 2.32. The lowest BCUT2D eigenvalue weighted by atomic mass is 9.96. The summed E-state index contributed by atoms with van der Waals surface area (Å²) in [5.41, 5.74) is 6.21. The molecule has 1 aromatic rings. The molecule has 96 valence electrons. The van der Waals surface area contributed by atoms with Crippen molar-refractivity contribution in [3.63, 3.8) is 0 Å². The first kappa shape index (κ1) is 13.1. The van der Waals surface area contributed by atoms with Crippen LogP contribution in [-0.4, -0.2) is 24.0 Å². The highest BCUT2D eigenvalue weighted by atomic mass is 32.1. The lowest BCUT2D eigenvalue weighted by Gasteiger charge is -2.38. The summed E-state index contributed by atoms with van der Waals surface area (Å²) in [5.74, 6) is 0.880. The molecule has 3 heteroatoms. The highest BCUT2D eigenvalue weighted by molar-refractivity contribution is 7.12. The van der Waals surface area contributed by atoms with E-state index in [2.05, 4.69) is 37.8 Å². The summed E-state index contributed by atoms with van der Waals surface area (Å²) >= 11 is 1.90. The van der Waals surface area contributed by atoms with Gasteiger partial charge in [-0.05, 0) is 57.8 Å². The Labute approximate surface area is 109 Å². The molecular formula is C14H24N2S. The van der Waals surface area contributed by atoms with Gasteiger partial charge in [0.15, 0.2) is 0 Å². The van der Waals surface area contributed by atoms with Crippen LogP contribution in [0.2, 0.25) is 0 Å². The van der Waals surface area contributed by atoms with Gasteiger partial charge in [-0.25, -0.2) is 0 Å². The molecule has 2 rings (SSSR count). The molecule has 0 aromatic carbocycles. The monoisotopic (exact) mass is 252 g/mol. The lowest BCUT2D eigenvalue weighted by Crippen LogP contribution is -2.43. The number of piperidine rings is 1. The van der Waals surface area contributed by atoms with E-state index in [0.29, 0.717) is 6.04 Å². The van der Waals surface area contributed by atoms with E-state index >= 15 is 0 Å². The molecule has 0 spiro atoms. The minimum absolute atomic E-state index is 0.210. The van der Waals surface area contributed by atoms with Gasteiger partial charge in [0.1, 0.15) is 0 Å². The van der Waals surface area contributed by atoms with Crippen LogP contribution < -0.4 is 5.73 Å². The second kappa shape index (κ2) is 5.51. The maximum atomic E-state index is 6.21. The molecule has 0 saturated carbocycles. The topological polar surface area (TPSA) is 29.3 Å². The fraction of sp³-hybridized carbons (Fsp3) is 0.714. The van der Waals surface area contributed by atoms with Crippen LogP contribution >= 0.6 is 11.3 Å². The molecule has 2 nitrogen and oxygen atoms in total. The van der Waals surface area contributed by atoms with Crippen LogP contribution in [0.5, 0.6) is 0 Å². The summed E-state index contributed by atoms with van der Waals surface area (Å²) in [7, 11) is 0. The number of hydrogen-bond acceptors (Lipinski definition) is 3. The Morgan fingerprint density at radius 3 is 2.47 bits per heavy atom. The standard InChI is InChI=1S/C14H24N2S/c1-10-6-8-16(9-7-10)14(12(3)15)13-5-4-11(2)17-13/h4-5,10,12,14H,6-9,15H2,1-3H3. The Kier molecular flexibility index (Phi) is 4.23. The van der Waals surface area contributed by atoms with E-state index in [0.717, 1.165) is 5.92 Å². The molecule has 17 heavy (non-hydrogen) atoms. The third kappa shape index (κ3) is 3.09. The van der Waals surface area contributed by atoms with Gasteiger partial charge < -0.3 is 5.73 Å². The molecule has 2 atom stereocenters. The van der Waals surface area contributed by atoms with Crippen molar-refractivity contribution in [2.24, 2.45) is 11.7 Å². The van der Waals surface area contributed by atoms with Crippen molar-refractivity contribution < 1.29 is 0 Å². The fourth-order valence-electron chi connectivity index (χ4n) is 2.69. The van der Waals surface area contributed by atoms with Crippen molar-refractivity contribution in [2.45, 2.75) is 45.7 Å². The summed E-state index contributed by atoms with van der Waals surface area (Å²) in [5, 5.41) is 0. The summed E-state index contributed by atoms with van der Waals surface area (Å²) in [6.07, 6.45) is 2.63. The molecule has 0 amide bonds. The van der Waals surface area contributed by atoms with Gasteiger partial charge in [0.05, 0.1) is 6.04 Å². The molecule has 0 bridgehead atoms. The van der Waals surface area contributed by atoms with Gasteiger partial charge in [-0.1, -0.05) is 6.92 Å². The Morgan fingerprint density at radius 1 is 1.35 bits per heavy atom. The lowest BCUT2D eigenvalue weighted by molar-refractivity contribution is 0.126. The van der Waals surface area contributed by atoms with Crippen molar-refractivity contribution in [3.8, 4) is 0 Å². The van der Waals surface area contributed by atoms with Crippen LogP contribution in [0.1, 0.15) is 42.5 Å². The maximum absolute atomic E-state index is 6.21. The van der Waals surface area contributed by atoms with Crippen molar-refractivity contribution in [2.75, 3.05) is 13.1 Å². The van der Waals surface area contributed by atoms with Crippen molar-refractivity contribution in [1.82, 2.24) is 4.90 Å². The molecule has 2 N–H and O–H groups in total. The largest absolute Gasteiger partial charge is 0.326 e. The van der Waals surface area contributed by atoms with Crippen molar-refractivity contribution in [3.05, 3.63) is 21.9 Å². The number of aryl methyl sites for hydroxylation is 1. The number of hydrogen-bond donors (Lipinski definition) is 1. The molecule has 0 aliphatic carbocycles. The van der Waals surface area contributed by atoms with Gasteiger partial charge in [0, 0.05) is 15.8 Å². The molecule has 1 aliphatic heterocycles. The van der Waals surface area contributed by atoms with Crippen LogP contribution in [0.4, 0.5) is 0 Å². The minimum Gasteiger partial charge on any atom is -0.326 e. The van der Waals surface area contributed by atoms with Crippen molar-refractivity contribution >= 4 is 11.3 Å². The number of rotatable bonds is 3. The number of likely N-dealkylation sites (tertiary alicyclic amines) is 1. The third-order valence-corrected chi connectivity index (χ3v) is 4.83. The summed E-state index contributed by atoms with van der Waals surface area (Å²) in [6, 6.07) is 5.09. The molecule has 2 unspecified atom stereocenters. The predicted molar refractivity (Wildman–Crippen MR) is 75.4 cm³/mol. The zero-order valence-electron chi connectivity index (χ0n) is 11.1. The molecule has 1 aromatic heterocycles. The molecule has 2 heterocycles. The first-order chi connectivity index (χ1) is 8.08. The number of nitrogens with zero attached hydrogens (tertiary/aromatic N) is 1. The quantitative estimate of drug-likeness (QED) is 0.895.